The maximum Gasteiger partial charge on any atom is 0.410 e. The minimum atomic E-state index is -0.815. The lowest BCUT2D eigenvalue weighted by molar-refractivity contribution is -0.129. The number of halogens is 3. The normalized spacial score (nSPS) is 18.4. The Balaban J connectivity index is 0.000000141. The van der Waals surface area contributed by atoms with Gasteiger partial charge in [0.25, 0.3) is 0 Å². The van der Waals surface area contributed by atoms with Gasteiger partial charge < -0.3 is 53.2 Å². The highest BCUT2D eigenvalue weighted by molar-refractivity contribution is 6.34. The third-order valence-corrected chi connectivity index (χ3v) is 19.2. The zero-order chi connectivity index (χ0) is 62.6. The van der Waals surface area contributed by atoms with Crippen LogP contribution in [0.2, 0.25) is 15.1 Å². The number of carbonyl (C=O) groups excluding carboxylic acids is 6. The van der Waals surface area contributed by atoms with E-state index in [1.165, 1.54) is 53.4 Å². The lowest BCUT2D eigenvalue weighted by atomic mass is 9.75. The van der Waals surface area contributed by atoms with Crippen LogP contribution in [0.25, 0.3) is 0 Å². The smallest absolute Gasteiger partial charge is 0.410 e. The predicted molar refractivity (Wildman–Crippen MR) is 338 cm³/mol. The highest BCUT2D eigenvalue weighted by Gasteiger charge is 2.63. The number of aromatic nitrogens is 4. The van der Waals surface area contributed by atoms with Crippen LogP contribution in [0.15, 0.2) is 54.6 Å². The van der Waals surface area contributed by atoms with Crippen molar-refractivity contribution in [1.82, 2.24) is 33.8 Å². The summed E-state index contributed by atoms with van der Waals surface area (Å²) in [4.78, 5) is 95.2. The first-order valence-corrected chi connectivity index (χ1v) is 32.6. The zero-order valence-electron chi connectivity index (χ0n) is 51.8. The summed E-state index contributed by atoms with van der Waals surface area (Å²) >= 11 is 19.5. The van der Waals surface area contributed by atoms with Gasteiger partial charge in [0.05, 0.1) is 54.2 Å². The lowest BCUT2D eigenvalue weighted by Gasteiger charge is -2.46. The summed E-state index contributed by atoms with van der Waals surface area (Å²) in [6.45, 7) is 19.7. The van der Waals surface area contributed by atoms with Crippen molar-refractivity contribution in [3.63, 3.8) is 0 Å². The number of imidazole rings is 2. The van der Waals surface area contributed by atoms with Gasteiger partial charge in [0.15, 0.2) is 0 Å². The summed E-state index contributed by atoms with van der Waals surface area (Å²) in [5.74, 6) is 1.78. The van der Waals surface area contributed by atoms with Gasteiger partial charge in [0, 0.05) is 101 Å². The van der Waals surface area contributed by atoms with Crippen LogP contribution >= 0.6 is 34.8 Å². The number of nitrogens with one attached hydrogen (secondary N) is 1. The molecule has 3 aromatic carbocycles. The van der Waals surface area contributed by atoms with Crippen molar-refractivity contribution in [3.8, 4) is 0 Å². The second-order valence-electron chi connectivity index (χ2n) is 25.5. The average Bonchev–Trinajstić information content (AvgIpc) is 1.54. The number of fused-ring (bicyclic) bond motifs is 8. The molecule has 3 spiro atoms. The molecule has 22 heteroatoms. The van der Waals surface area contributed by atoms with E-state index < -0.39 is 16.2 Å². The number of likely N-dealkylation sites (tertiary alicyclic amines) is 3. The molecule has 0 saturated carbocycles. The van der Waals surface area contributed by atoms with Crippen molar-refractivity contribution < 1.29 is 43.0 Å². The summed E-state index contributed by atoms with van der Waals surface area (Å²) in [5.41, 5.74) is 7.56. The maximum absolute atomic E-state index is 13.9. The number of aryl methyl sites for hydroxylation is 2. The van der Waals surface area contributed by atoms with Gasteiger partial charge in [-0.25, -0.2) is 24.4 Å². The van der Waals surface area contributed by atoms with E-state index in [-0.39, 0.29) is 80.5 Å². The molecule has 3 fully saturated rings. The molecular weight excluding hydrogens is 1180 g/mol. The quantitative estimate of drug-likeness (QED) is 0.110. The van der Waals surface area contributed by atoms with E-state index in [0.29, 0.717) is 41.2 Å². The molecule has 0 bridgehead atoms. The van der Waals surface area contributed by atoms with Gasteiger partial charge in [0.2, 0.25) is 17.7 Å². The third kappa shape index (κ3) is 11.3. The molecular formula is C66H81Cl3N10O9. The van der Waals surface area contributed by atoms with Crippen LogP contribution in [0.4, 0.5) is 31.4 Å². The molecule has 0 unspecified atom stereocenters. The number of rotatable bonds is 13. The SMILES string of the molecule is CC(C)OC(=O)N1CC2(C1)C(=O)Nc1cccc(Cl)c12.CCCCn1c(CN2C(=O)C3(CN(C(=O)OC(C)C)C3)c3c(Cl)cccc32)nc2c1CCCC2.CCCCn1c(CN2C(=O)C3(CN(C(=O)OC(C)C)C3)c3c(Cl)cccc32)nc2c1CCCC2. The fourth-order valence-corrected chi connectivity index (χ4v) is 15.1. The number of anilines is 3. The number of nitrogens with zero attached hydrogens (tertiary/aromatic N) is 9. The van der Waals surface area contributed by atoms with E-state index in [2.05, 4.69) is 28.3 Å². The molecule has 0 radical (unpaired) electrons. The summed E-state index contributed by atoms with van der Waals surface area (Å²) in [6, 6.07) is 16.7. The first-order valence-electron chi connectivity index (χ1n) is 31.5. The van der Waals surface area contributed by atoms with Crippen LogP contribution in [0.3, 0.4) is 0 Å². The summed E-state index contributed by atoms with van der Waals surface area (Å²) in [7, 11) is 0. The molecule has 2 aliphatic carbocycles. The number of amides is 6. The number of carbonyl (C=O) groups is 6. The molecule has 0 atom stereocenters. The van der Waals surface area contributed by atoms with Crippen LogP contribution in [0, 0.1) is 0 Å². The number of hydrogen-bond acceptors (Lipinski definition) is 11. The molecule has 8 heterocycles. The molecule has 1 N–H and O–H groups in total. The highest BCUT2D eigenvalue weighted by atomic mass is 35.5. The Morgan fingerprint density at radius 3 is 1.27 bits per heavy atom. The van der Waals surface area contributed by atoms with Crippen molar-refractivity contribution in [3.05, 3.63) is 121 Å². The minimum Gasteiger partial charge on any atom is -0.447 e. The molecule has 2 aromatic heterocycles. The van der Waals surface area contributed by atoms with Gasteiger partial charge in [-0.3, -0.25) is 14.4 Å². The molecule has 6 aliphatic heterocycles. The van der Waals surface area contributed by atoms with E-state index in [0.717, 1.165) is 110 Å². The third-order valence-electron chi connectivity index (χ3n) is 18.2. The van der Waals surface area contributed by atoms with Gasteiger partial charge in [-0.1, -0.05) is 79.7 Å². The van der Waals surface area contributed by atoms with Gasteiger partial charge in [-0.15, -0.1) is 0 Å². The molecule has 5 aromatic rings. The monoisotopic (exact) mass is 1260 g/mol. The van der Waals surface area contributed by atoms with Crippen molar-refractivity contribution in [2.45, 2.75) is 193 Å². The molecule has 88 heavy (non-hydrogen) atoms. The van der Waals surface area contributed by atoms with Crippen molar-refractivity contribution >= 4 is 87.9 Å². The number of hydrogen-bond donors (Lipinski definition) is 1. The van der Waals surface area contributed by atoms with Gasteiger partial charge >= 0.3 is 18.3 Å². The fraction of sp³-hybridized carbons (Fsp3) is 0.545. The Hall–Kier alpha value is -6.83. The molecule has 19 nitrogen and oxygen atoms in total. The largest absolute Gasteiger partial charge is 0.447 e. The van der Waals surface area contributed by atoms with E-state index >= 15 is 0 Å². The average molecular weight is 1260 g/mol. The lowest BCUT2D eigenvalue weighted by Crippen LogP contribution is -2.65. The molecule has 8 aliphatic rings. The Bertz CT molecular complexity index is 3370. The van der Waals surface area contributed by atoms with Crippen LogP contribution < -0.4 is 15.1 Å². The van der Waals surface area contributed by atoms with Crippen LogP contribution in [0.5, 0.6) is 0 Å². The van der Waals surface area contributed by atoms with Gasteiger partial charge in [0.1, 0.15) is 27.9 Å². The molecule has 470 valence electrons. The van der Waals surface area contributed by atoms with Crippen molar-refractivity contribution in [2.24, 2.45) is 0 Å². The van der Waals surface area contributed by atoms with Crippen LogP contribution in [-0.2, 0) is 96.7 Å². The van der Waals surface area contributed by atoms with Crippen LogP contribution in [-0.4, -0.2) is 127 Å². The van der Waals surface area contributed by atoms with Gasteiger partial charge in [-0.05, 0) is 142 Å². The zero-order valence-corrected chi connectivity index (χ0v) is 54.1. The Labute approximate surface area is 530 Å². The van der Waals surface area contributed by atoms with E-state index in [1.807, 2.05) is 80.0 Å². The van der Waals surface area contributed by atoms with E-state index in [9.17, 15) is 28.8 Å². The number of benzene rings is 3. The Morgan fingerprint density at radius 1 is 0.523 bits per heavy atom. The number of ether oxygens (including phenoxy) is 3. The topological polar surface area (TPSA) is 194 Å². The number of unbranched alkanes of at least 4 members (excludes halogenated alkanes) is 2. The van der Waals surface area contributed by atoms with Crippen molar-refractivity contribution in [2.75, 3.05) is 54.4 Å². The predicted octanol–water partition coefficient (Wildman–Crippen LogP) is 12.1. The summed E-state index contributed by atoms with van der Waals surface area (Å²) in [6.07, 6.45) is 11.5. The Kier molecular flexibility index (Phi) is 18.0. The van der Waals surface area contributed by atoms with E-state index in [1.54, 1.807) is 35.8 Å². The standard InChI is InChI=1S/2C26H33ClN4O3.C14H15ClN2O3/c2*1-4-5-13-30-20-11-7-6-10-19(20)28-22(30)14-31-21-12-8-9-18(27)23(21)26(24(31)32)15-29(16-26)25(33)34-17(2)3;1-8(2)20-13(19)17-6-14(7-17)11-9(15)4-3-5-10(11)16-12(14)18/h2*8-9,12,17H,4-7,10-11,13-16H2,1-3H3;3-5,8H,6-7H2,1-2H3,(H,16,18). The summed E-state index contributed by atoms with van der Waals surface area (Å²) in [5, 5.41) is 4.52. The highest BCUT2D eigenvalue weighted by Crippen LogP contribution is 2.53. The van der Waals surface area contributed by atoms with Crippen LogP contribution in [0.1, 0.15) is 158 Å². The molecule has 13 rings (SSSR count). The summed E-state index contributed by atoms with van der Waals surface area (Å²) < 4.78 is 20.5. The maximum atomic E-state index is 13.9. The Morgan fingerprint density at radius 2 is 0.886 bits per heavy atom. The first-order chi connectivity index (χ1) is 42.1. The minimum absolute atomic E-state index is 0.00721. The van der Waals surface area contributed by atoms with E-state index in [4.69, 9.17) is 59.0 Å². The first kappa shape index (κ1) is 62.8. The van der Waals surface area contributed by atoms with Gasteiger partial charge in [-0.2, -0.15) is 0 Å². The second-order valence-corrected chi connectivity index (χ2v) is 26.8. The second kappa shape index (κ2) is 25.2. The molecule has 3 saturated heterocycles. The van der Waals surface area contributed by atoms with Crippen molar-refractivity contribution in [1.29, 1.82) is 0 Å². The molecule has 6 amide bonds. The fourth-order valence-electron chi connectivity index (χ4n) is 14.1.